The van der Waals surface area contributed by atoms with Gasteiger partial charge in [0.2, 0.25) is 11.8 Å². The quantitative estimate of drug-likeness (QED) is 0.871. The second-order valence-corrected chi connectivity index (χ2v) is 5.27. The maximum absolute atomic E-state index is 13.6. The predicted octanol–water partition coefficient (Wildman–Crippen LogP) is 3.36. The number of halogens is 2. The third-order valence-corrected chi connectivity index (χ3v) is 3.53. The van der Waals surface area contributed by atoms with Gasteiger partial charge in [-0.25, -0.2) is 8.78 Å². The summed E-state index contributed by atoms with van der Waals surface area (Å²) in [4.78, 5) is 25.2. The molecule has 0 spiro atoms. The molecule has 0 radical (unpaired) electrons. The van der Waals surface area contributed by atoms with Gasteiger partial charge in [-0.2, -0.15) is 0 Å². The van der Waals surface area contributed by atoms with Crippen molar-refractivity contribution in [3.05, 3.63) is 54.1 Å². The fraction of sp³-hybridized carbons (Fsp3) is 0.222. The summed E-state index contributed by atoms with van der Waals surface area (Å²) in [7, 11) is 1.51. The average molecular weight is 348 g/mol. The van der Waals surface area contributed by atoms with Crippen LogP contribution in [0.1, 0.15) is 13.3 Å². The molecule has 0 saturated heterocycles. The van der Waals surface area contributed by atoms with E-state index in [0.29, 0.717) is 11.4 Å². The zero-order valence-corrected chi connectivity index (χ0v) is 13.9. The Labute approximate surface area is 144 Å². The number of amides is 2. The minimum atomic E-state index is -0.857. The minimum absolute atomic E-state index is 0.0599. The van der Waals surface area contributed by atoms with Crippen LogP contribution >= 0.6 is 0 Å². The van der Waals surface area contributed by atoms with Crippen molar-refractivity contribution < 1.29 is 23.1 Å². The summed E-state index contributed by atoms with van der Waals surface area (Å²) in [6.45, 7) is 1.43. The van der Waals surface area contributed by atoms with Gasteiger partial charge in [0, 0.05) is 31.6 Å². The highest BCUT2D eigenvalue weighted by molar-refractivity contribution is 5.95. The molecular weight excluding hydrogens is 330 g/mol. The molecule has 0 atom stereocenters. The number of hydrogen-bond donors (Lipinski definition) is 1. The third kappa shape index (κ3) is 4.76. The number of benzene rings is 2. The van der Waals surface area contributed by atoms with E-state index in [0.717, 1.165) is 12.1 Å². The van der Waals surface area contributed by atoms with Crippen LogP contribution in [0.4, 0.5) is 20.2 Å². The first kappa shape index (κ1) is 18.4. The molecule has 0 bridgehead atoms. The number of anilines is 2. The molecule has 1 N–H and O–H groups in total. The Morgan fingerprint density at radius 2 is 1.76 bits per heavy atom. The van der Waals surface area contributed by atoms with Crippen LogP contribution in [0.15, 0.2) is 42.5 Å². The number of rotatable bonds is 6. The van der Waals surface area contributed by atoms with Crippen molar-refractivity contribution in [2.24, 2.45) is 0 Å². The van der Waals surface area contributed by atoms with E-state index in [4.69, 9.17) is 4.74 Å². The van der Waals surface area contributed by atoms with Gasteiger partial charge in [0.25, 0.3) is 0 Å². The van der Waals surface area contributed by atoms with Crippen molar-refractivity contribution in [2.75, 3.05) is 23.9 Å². The standard InChI is InChI=1S/C18H18F2N2O3/c1-12(23)22(13-5-3-6-14(11-13)25-2)10-9-17(24)21-18-15(19)7-4-8-16(18)20/h3-8,11H,9-10H2,1-2H3,(H,21,24). The van der Waals surface area contributed by atoms with Crippen molar-refractivity contribution in [3.8, 4) is 5.75 Å². The van der Waals surface area contributed by atoms with Crippen molar-refractivity contribution in [1.29, 1.82) is 0 Å². The van der Waals surface area contributed by atoms with E-state index in [1.165, 1.54) is 25.0 Å². The maximum Gasteiger partial charge on any atom is 0.226 e. The van der Waals surface area contributed by atoms with Crippen LogP contribution in [0.25, 0.3) is 0 Å². The highest BCUT2D eigenvalue weighted by atomic mass is 19.1. The number of carbonyl (C=O) groups excluding carboxylic acids is 2. The first-order valence-electron chi connectivity index (χ1n) is 7.58. The van der Waals surface area contributed by atoms with E-state index in [1.54, 1.807) is 24.3 Å². The van der Waals surface area contributed by atoms with Crippen LogP contribution in [-0.4, -0.2) is 25.5 Å². The Morgan fingerprint density at radius 1 is 1.12 bits per heavy atom. The van der Waals surface area contributed by atoms with Crippen LogP contribution < -0.4 is 15.0 Å². The van der Waals surface area contributed by atoms with Crippen molar-refractivity contribution >= 4 is 23.2 Å². The molecule has 0 fully saturated rings. The lowest BCUT2D eigenvalue weighted by atomic mass is 10.2. The predicted molar refractivity (Wildman–Crippen MR) is 90.6 cm³/mol. The number of carbonyl (C=O) groups is 2. The highest BCUT2D eigenvalue weighted by Crippen LogP contribution is 2.22. The van der Waals surface area contributed by atoms with Gasteiger partial charge in [0.15, 0.2) is 0 Å². The summed E-state index contributed by atoms with van der Waals surface area (Å²) < 4.78 is 32.2. The molecule has 2 aromatic carbocycles. The number of methoxy groups -OCH3 is 1. The van der Waals surface area contributed by atoms with Crippen LogP contribution in [0.5, 0.6) is 5.75 Å². The fourth-order valence-electron chi connectivity index (χ4n) is 2.28. The lowest BCUT2D eigenvalue weighted by molar-refractivity contribution is -0.117. The number of ether oxygens (including phenoxy) is 1. The van der Waals surface area contributed by atoms with Gasteiger partial charge < -0.3 is 15.0 Å². The topological polar surface area (TPSA) is 58.6 Å². The van der Waals surface area contributed by atoms with E-state index in [2.05, 4.69) is 5.32 Å². The molecule has 0 saturated carbocycles. The molecule has 2 rings (SSSR count). The number of para-hydroxylation sites is 1. The molecule has 0 heterocycles. The first-order valence-corrected chi connectivity index (χ1v) is 7.58. The number of nitrogens with one attached hydrogen (secondary N) is 1. The van der Waals surface area contributed by atoms with E-state index in [1.807, 2.05) is 0 Å². The van der Waals surface area contributed by atoms with Crippen LogP contribution in [-0.2, 0) is 9.59 Å². The molecule has 0 aliphatic carbocycles. The summed E-state index contributed by atoms with van der Waals surface area (Å²) in [5.41, 5.74) is 0.0694. The molecule has 2 amide bonds. The smallest absolute Gasteiger partial charge is 0.226 e. The number of nitrogens with zero attached hydrogens (tertiary/aromatic N) is 1. The zero-order valence-electron chi connectivity index (χ0n) is 13.9. The van der Waals surface area contributed by atoms with E-state index in [-0.39, 0.29) is 18.9 Å². The Bertz CT molecular complexity index is 760. The normalized spacial score (nSPS) is 10.2. The molecule has 0 aliphatic heterocycles. The summed E-state index contributed by atoms with van der Waals surface area (Å²) in [6.07, 6.45) is -0.120. The summed E-state index contributed by atoms with van der Waals surface area (Å²) in [6, 6.07) is 10.1. The molecule has 7 heteroatoms. The molecular formula is C18H18F2N2O3. The maximum atomic E-state index is 13.6. The molecule has 25 heavy (non-hydrogen) atoms. The lowest BCUT2D eigenvalue weighted by Gasteiger charge is -2.21. The lowest BCUT2D eigenvalue weighted by Crippen LogP contribution is -2.32. The fourth-order valence-corrected chi connectivity index (χ4v) is 2.28. The zero-order chi connectivity index (χ0) is 18.4. The second kappa shape index (κ2) is 8.23. The van der Waals surface area contributed by atoms with Gasteiger partial charge in [-0.05, 0) is 24.3 Å². The summed E-state index contributed by atoms with van der Waals surface area (Å²) in [5, 5.41) is 2.20. The second-order valence-electron chi connectivity index (χ2n) is 5.27. The molecule has 0 aromatic heterocycles. The third-order valence-electron chi connectivity index (χ3n) is 3.53. The van der Waals surface area contributed by atoms with Crippen LogP contribution in [0, 0.1) is 11.6 Å². The summed E-state index contributed by atoms with van der Waals surface area (Å²) >= 11 is 0. The van der Waals surface area contributed by atoms with Crippen molar-refractivity contribution in [1.82, 2.24) is 0 Å². The SMILES string of the molecule is COc1cccc(N(CCC(=O)Nc2c(F)cccc2F)C(C)=O)c1. The Kier molecular flexibility index (Phi) is 6.05. The first-order chi connectivity index (χ1) is 11.9. The molecule has 0 aliphatic rings. The Hall–Kier alpha value is -2.96. The van der Waals surface area contributed by atoms with Gasteiger partial charge in [0.1, 0.15) is 23.1 Å². The number of hydrogen-bond acceptors (Lipinski definition) is 3. The molecule has 0 unspecified atom stereocenters. The molecule has 132 valence electrons. The van der Waals surface area contributed by atoms with Gasteiger partial charge >= 0.3 is 0 Å². The van der Waals surface area contributed by atoms with E-state index in [9.17, 15) is 18.4 Å². The van der Waals surface area contributed by atoms with Gasteiger partial charge in [-0.15, -0.1) is 0 Å². The van der Waals surface area contributed by atoms with E-state index >= 15 is 0 Å². The Morgan fingerprint density at radius 3 is 2.36 bits per heavy atom. The van der Waals surface area contributed by atoms with Gasteiger partial charge in [-0.1, -0.05) is 12.1 Å². The molecule has 2 aromatic rings. The van der Waals surface area contributed by atoms with Crippen LogP contribution in [0.3, 0.4) is 0 Å². The van der Waals surface area contributed by atoms with Crippen molar-refractivity contribution in [2.45, 2.75) is 13.3 Å². The van der Waals surface area contributed by atoms with Crippen LogP contribution in [0.2, 0.25) is 0 Å². The van der Waals surface area contributed by atoms with Crippen molar-refractivity contribution in [3.63, 3.8) is 0 Å². The monoisotopic (exact) mass is 348 g/mol. The Balaban J connectivity index is 2.06. The largest absolute Gasteiger partial charge is 0.497 e. The molecule has 5 nitrogen and oxygen atoms in total. The summed E-state index contributed by atoms with van der Waals surface area (Å²) in [5.74, 6) is -2.01. The van der Waals surface area contributed by atoms with Gasteiger partial charge in [0.05, 0.1) is 7.11 Å². The highest BCUT2D eigenvalue weighted by Gasteiger charge is 2.16. The van der Waals surface area contributed by atoms with Gasteiger partial charge in [-0.3, -0.25) is 9.59 Å². The minimum Gasteiger partial charge on any atom is -0.497 e. The van der Waals surface area contributed by atoms with E-state index < -0.39 is 23.2 Å². The average Bonchev–Trinajstić information content (AvgIpc) is 2.58.